The van der Waals surface area contributed by atoms with E-state index in [2.05, 4.69) is 10.6 Å². The minimum Gasteiger partial charge on any atom is -0.496 e. The molecule has 0 radical (unpaired) electrons. The Hall–Kier alpha value is -4.83. The van der Waals surface area contributed by atoms with Crippen molar-refractivity contribution in [1.29, 1.82) is 0 Å². The number of urea groups is 1. The van der Waals surface area contributed by atoms with Crippen molar-refractivity contribution in [3.05, 3.63) is 103 Å². The zero-order chi connectivity index (χ0) is 28.7. The number of ether oxygens (including phenoxy) is 2. The van der Waals surface area contributed by atoms with E-state index in [-0.39, 0.29) is 21.9 Å². The highest BCUT2D eigenvalue weighted by atomic mass is 32.2. The number of para-hydroxylation sites is 1. The fourth-order valence-corrected chi connectivity index (χ4v) is 5.66. The van der Waals surface area contributed by atoms with Gasteiger partial charge < -0.3 is 25.2 Å². The van der Waals surface area contributed by atoms with Gasteiger partial charge in [0, 0.05) is 6.42 Å². The SMILES string of the molecule is COc1cccc(OC)c1-c1ccc(C[C@H](NC(=O)Nc2ccccc2S(=O)(=O)c2ccccc2)C(=O)O)cc1. The zero-order valence-corrected chi connectivity index (χ0v) is 22.6. The van der Waals surface area contributed by atoms with Crippen molar-refractivity contribution in [3.8, 4) is 22.6 Å². The van der Waals surface area contributed by atoms with Crippen LogP contribution in [0.1, 0.15) is 5.56 Å². The van der Waals surface area contributed by atoms with E-state index in [1.165, 1.54) is 24.3 Å². The second kappa shape index (κ2) is 12.4. The lowest BCUT2D eigenvalue weighted by atomic mass is 9.99. The molecule has 0 heterocycles. The first-order chi connectivity index (χ1) is 19.2. The Balaban J connectivity index is 1.50. The highest BCUT2D eigenvalue weighted by molar-refractivity contribution is 7.91. The number of carboxylic acid groups (broad SMARTS) is 1. The van der Waals surface area contributed by atoms with Crippen LogP contribution in [0.5, 0.6) is 11.5 Å². The van der Waals surface area contributed by atoms with Crippen LogP contribution in [0.2, 0.25) is 0 Å². The van der Waals surface area contributed by atoms with Crippen LogP contribution in [0.4, 0.5) is 10.5 Å². The summed E-state index contributed by atoms with van der Waals surface area (Å²) in [4.78, 5) is 24.8. The average molecular weight is 561 g/mol. The number of nitrogens with one attached hydrogen (secondary N) is 2. The molecule has 0 aliphatic heterocycles. The number of anilines is 1. The highest BCUT2D eigenvalue weighted by Crippen LogP contribution is 2.38. The summed E-state index contributed by atoms with van der Waals surface area (Å²) < 4.78 is 37.2. The maximum absolute atomic E-state index is 13.1. The number of sulfone groups is 1. The topological polar surface area (TPSA) is 131 Å². The summed E-state index contributed by atoms with van der Waals surface area (Å²) in [6, 6.07) is 24.3. The second-order valence-electron chi connectivity index (χ2n) is 8.74. The molecule has 0 bridgehead atoms. The average Bonchev–Trinajstić information content (AvgIpc) is 2.97. The van der Waals surface area contributed by atoms with Gasteiger partial charge in [-0.25, -0.2) is 18.0 Å². The molecule has 206 valence electrons. The first kappa shape index (κ1) is 28.2. The molecule has 9 nitrogen and oxygen atoms in total. The molecule has 0 fully saturated rings. The third-order valence-electron chi connectivity index (χ3n) is 6.19. The van der Waals surface area contributed by atoms with Crippen LogP contribution in [0.15, 0.2) is 107 Å². The van der Waals surface area contributed by atoms with E-state index >= 15 is 0 Å². The molecule has 0 aliphatic carbocycles. The number of hydrogen-bond donors (Lipinski definition) is 3. The first-order valence-electron chi connectivity index (χ1n) is 12.2. The molecule has 0 saturated carbocycles. The number of carbonyl (C=O) groups excluding carboxylic acids is 1. The number of methoxy groups -OCH3 is 2. The lowest BCUT2D eigenvalue weighted by Gasteiger charge is -2.17. The Labute approximate surface area is 232 Å². The van der Waals surface area contributed by atoms with Gasteiger partial charge in [-0.1, -0.05) is 60.7 Å². The van der Waals surface area contributed by atoms with E-state index in [0.29, 0.717) is 17.1 Å². The zero-order valence-electron chi connectivity index (χ0n) is 21.8. The second-order valence-corrected chi connectivity index (χ2v) is 10.7. The Kier molecular flexibility index (Phi) is 8.70. The first-order valence-corrected chi connectivity index (χ1v) is 13.7. The molecule has 0 aliphatic rings. The van der Waals surface area contributed by atoms with Gasteiger partial charge >= 0.3 is 12.0 Å². The fourth-order valence-electron chi connectivity index (χ4n) is 4.23. The van der Waals surface area contributed by atoms with Crippen LogP contribution in [0.25, 0.3) is 11.1 Å². The molecule has 1 atom stereocenters. The van der Waals surface area contributed by atoms with E-state index in [1.54, 1.807) is 56.7 Å². The van der Waals surface area contributed by atoms with Crippen LogP contribution >= 0.6 is 0 Å². The third-order valence-corrected chi connectivity index (χ3v) is 8.02. The van der Waals surface area contributed by atoms with E-state index in [1.807, 2.05) is 30.3 Å². The molecule has 10 heteroatoms. The molecule has 0 saturated heterocycles. The van der Waals surface area contributed by atoms with Gasteiger partial charge in [-0.2, -0.15) is 0 Å². The molecule has 2 amide bonds. The number of hydrogen-bond acceptors (Lipinski definition) is 6. The van der Waals surface area contributed by atoms with E-state index in [4.69, 9.17) is 9.47 Å². The minimum atomic E-state index is -3.92. The van der Waals surface area contributed by atoms with Crippen molar-refractivity contribution in [1.82, 2.24) is 5.32 Å². The smallest absolute Gasteiger partial charge is 0.326 e. The van der Waals surface area contributed by atoms with Gasteiger partial charge in [0.25, 0.3) is 0 Å². The monoisotopic (exact) mass is 560 g/mol. The normalized spacial score (nSPS) is 11.8. The van der Waals surface area contributed by atoms with Gasteiger partial charge in [0.1, 0.15) is 17.5 Å². The Morgan fingerprint density at radius 2 is 1.40 bits per heavy atom. The summed E-state index contributed by atoms with van der Waals surface area (Å²) in [6.45, 7) is 0. The molecule has 3 N–H and O–H groups in total. The van der Waals surface area contributed by atoms with Crippen molar-refractivity contribution in [2.24, 2.45) is 0 Å². The lowest BCUT2D eigenvalue weighted by Crippen LogP contribution is -2.44. The maximum Gasteiger partial charge on any atom is 0.326 e. The highest BCUT2D eigenvalue weighted by Gasteiger charge is 2.24. The van der Waals surface area contributed by atoms with Crippen molar-refractivity contribution >= 4 is 27.5 Å². The predicted molar refractivity (Wildman–Crippen MR) is 151 cm³/mol. The van der Waals surface area contributed by atoms with Crippen LogP contribution in [-0.4, -0.2) is 45.8 Å². The van der Waals surface area contributed by atoms with Crippen LogP contribution in [0.3, 0.4) is 0 Å². The predicted octanol–water partition coefficient (Wildman–Crippen LogP) is 5.02. The molecular weight excluding hydrogens is 532 g/mol. The summed E-state index contributed by atoms with van der Waals surface area (Å²) in [5.41, 5.74) is 2.27. The molecule has 4 aromatic rings. The maximum atomic E-state index is 13.1. The lowest BCUT2D eigenvalue weighted by molar-refractivity contribution is -0.139. The van der Waals surface area contributed by atoms with Gasteiger partial charge in [-0.3, -0.25) is 0 Å². The number of benzene rings is 4. The molecule has 0 aromatic heterocycles. The van der Waals surface area contributed by atoms with Crippen molar-refractivity contribution in [2.75, 3.05) is 19.5 Å². The number of amides is 2. The van der Waals surface area contributed by atoms with Crippen LogP contribution < -0.4 is 20.1 Å². The van der Waals surface area contributed by atoms with Gasteiger partial charge in [-0.05, 0) is 47.5 Å². The molecule has 4 rings (SSSR count). The van der Waals surface area contributed by atoms with E-state index < -0.39 is 27.9 Å². The van der Waals surface area contributed by atoms with Crippen molar-refractivity contribution < 1.29 is 32.6 Å². The molecule has 40 heavy (non-hydrogen) atoms. The molecule has 0 spiro atoms. The Bertz CT molecular complexity index is 1580. The largest absolute Gasteiger partial charge is 0.496 e. The van der Waals surface area contributed by atoms with Crippen LogP contribution in [-0.2, 0) is 21.1 Å². The summed E-state index contributed by atoms with van der Waals surface area (Å²) >= 11 is 0. The van der Waals surface area contributed by atoms with E-state index in [0.717, 1.165) is 11.1 Å². The van der Waals surface area contributed by atoms with Crippen LogP contribution in [0, 0.1) is 0 Å². The van der Waals surface area contributed by atoms with Crippen molar-refractivity contribution in [3.63, 3.8) is 0 Å². The number of carbonyl (C=O) groups is 2. The molecule has 0 unspecified atom stereocenters. The standard InChI is InChI=1S/C30H28N2O7S/c1-38-25-12-8-13-26(39-2)28(25)21-17-15-20(16-18-21)19-24(29(33)34)32-30(35)31-23-11-6-7-14-27(23)40(36,37)22-9-4-3-5-10-22/h3-18,24H,19H2,1-2H3,(H,33,34)(H2,31,32,35)/t24-/m0/s1. The van der Waals surface area contributed by atoms with Gasteiger partial charge in [-0.15, -0.1) is 0 Å². The number of rotatable bonds is 10. The Morgan fingerprint density at radius 3 is 2.00 bits per heavy atom. The summed E-state index contributed by atoms with van der Waals surface area (Å²) in [6.07, 6.45) is -0.00392. The Morgan fingerprint density at radius 1 is 0.800 bits per heavy atom. The van der Waals surface area contributed by atoms with E-state index in [9.17, 15) is 23.1 Å². The summed E-state index contributed by atoms with van der Waals surface area (Å²) in [7, 11) is -0.791. The fraction of sp³-hybridized carbons (Fsp3) is 0.133. The van der Waals surface area contributed by atoms with Gasteiger partial charge in [0.15, 0.2) is 0 Å². The van der Waals surface area contributed by atoms with Crippen molar-refractivity contribution in [2.45, 2.75) is 22.3 Å². The van der Waals surface area contributed by atoms with Gasteiger partial charge in [0.2, 0.25) is 9.84 Å². The molecular formula is C30H28N2O7S. The summed E-state index contributed by atoms with van der Waals surface area (Å²) in [5.74, 6) is 0.0163. The quantitative estimate of drug-likeness (QED) is 0.248. The number of carboxylic acids is 1. The van der Waals surface area contributed by atoms with Gasteiger partial charge in [0.05, 0.1) is 35.3 Å². The third kappa shape index (κ3) is 6.24. The molecule has 4 aromatic carbocycles. The minimum absolute atomic E-state index is 0.00392. The summed E-state index contributed by atoms with van der Waals surface area (Å²) in [5, 5.41) is 14.7. The number of aliphatic carboxylic acids is 1.